The summed E-state index contributed by atoms with van der Waals surface area (Å²) in [5.41, 5.74) is 5.83. The number of halogens is 1. The van der Waals surface area contributed by atoms with Crippen molar-refractivity contribution in [2.24, 2.45) is 5.10 Å². The zero-order valence-electron chi connectivity index (χ0n) is 14.1. The van der Waals surface area contributed by atoms with Crippen LogP contribution in [-0.2, 0) is 0 Å². The lowest BCUT2D eigenvalue weighted by Crippen LogP contribution is -2.01. The van der Waals surface area contributed by atoms with E-state index >= 15 is 0 Å². The molecular formula is C21H13BrN4S. The maximum Gasteiger partial charge on any atom is 0.196 e. The molecular weight excluding hydrogens is 420 g/mol. The summed E-state index contributed by atoms with van der Waals surface area (Å²) in [6, 6.07) is 24.1. The molecule has 1 heterocycles. The molecule has 0 radical (unpaired) electrons. The van der Waals surface area contributed by atoms with Gasteiger partial charge in [0.05, 0.1) is 11.4 Å². The summed E-state index contributed by atoms with van der Waals surface area (Å²) in [7, 11) is 0. The standard InChI is InChI=1S/C21H13BrN4S/c22-17-7-9-18(10-8-17)25-26-19(12-23)21-24-20(13-27-21)16-6-5-14-3-1-2-4-15(14)11-16/h1-11,13,25H/b26-19+. The lowest BCUT2D eigenvalue weighted by molar-refractivity contribution is 1.31. The summed E-state index contributed by atoms with van der Waals surface area (Å²) in [6.45, 7) is 0. The molecule has 4 nitrogen and oxygen atoms in total. The van der Waals surface area contributed by atoms with Crippen LogP contribution in [0, 0.1) is 11.3 Å². The minimum atomic E-state index is 0.259. The number of anilines is 1. The van der Waals surface area contributed by atoms with Crippen molar-refractivity contribution in [1.82, 2.24) is 4.98 Å². The second kappa shape index (κ2) is 7.70. The summed E-state index contributed by atoms with van der Waals surface area (Å²) in [6.07, 6.45) is 0. The van der Waals surface area contributed by atoms with Crippen LogP contribution in [0.3, 0.4) is 0 Å². The Bertz CT molecular complexity index is 1170. The Labute approximate surface area is 168 Å². The molecule has 0 aliphatic carbocycles. The van der Waals surface area contributed by atoms with E-state index < -0.39 is 0 Å². The van der Waals surface area contributed by atoms with E-state index in [1.807, 2.05) is 47.8 Å². The number of hydrazone groups is 1. The van der Waals surface area contributed by atoms with Gasteiger partial charge in [-0.1, -0.05) is 52.3 Å². The van der Waals surface area contributed by atoms with Crippen LogP contribution in [0.25, 0.3) is 22.0 Å². The highest BCUT2D eigenvalue weighted by Crippen LogP contribution is 2.26. The van der Waals surface area contributed by atoms with Gasteiger partial charge in [-0.15, -0.1) is 11.3 Å². The fraction of sp³-hybridized carbons (Fsp3) is 0. The number of nitrogens with one attached hydrogen (secondary N) is 1. The Morgan fingerprint density at radius 1 is 1.04 bits per heavy atom. The van der Waals surface area contributed by atoms with Crippen molar-refractivity contribution >= 4 is 49.4 Å². The van der Waals surface area contributed by atoms with E-state index in [4.69, 9.17) is 0 Å². The molecule has 0 aliphatic heterocycles. The van der Waals surface area contributed by atoms with Gasteiger partial charge >= 0.3 is 0 Å². The van der Waals surface area contributed by atoms with Crippen LogP contribution in [0.4, 0.5) is 5.69 Å². The fourth-order valence-corrected chi connectivity index (χ4v) is 3.66. The van der Waals surface area contributed by atoms with Crippen LogP contribution in [0.2, 0.25) is 0 Å². The van der Waals surface area contributed by atoms with Gasteiger partial charge < -0.3 is 0 Å². The van der Waals surface area contributed by atoms with Crippen LogP contribution in [0.1, 0.15) is 5.01 Å². The fourth-order valence-electron chi connectivity index (χ4n) is 2.63. The van der Waals surface area contributed by atoms with Gasteiger partial charge in [0, 0.05) is 15.4 Å². The van der Waals surface area contributed by atoms with Crippen molar-refractivity contribution in [2.45, 2.75) is 0 Å². The van der Waals surface area contributed by atoms with Gasteiger partial charge in [-0.25, -0.2) is 4.98 Å². The summed E-state index contributed by atoms with van der Waals surface area (Å²) in [4.78, 5) is 4.60. The molecule has 130 valence electrons. The van der Waals surface area contributed by atoms with Gasteiger partial charge in [0.15, 0.2) is 10.7 Å². The molecule has 0 amide bonds. The first-order valence-corrected chi connectivity index (χ1v) is 9.84. The lowest BCUT2D eigenvalue weighted by atomic mass is 10.1. The van der Waals surface area contributed by atoms with Gasteiger partial charge in [-0.3, -0.25) is 5.43 Å². The molecule has 6 heteroatoms. The number of nitriles is 1. The minimum absolute atomic E-state index is 0.259. The van der Waals surface area contributed by atoms with Crippen LogP contribution < -0.4 is 5.43 Å². The highest BCUT2D eigenvalue weighted by molar-refractivity contribution is 9.10. The highest BCUT2D eigenvalue weighted by Gasteiger charge is 2.11. The molecule has 0 bridgehead atoms. The maximum absolute atomic E-state index is 9.46. The van der Waals surface area contributed by atoms with E-state index in [0.29, 0.717) is 5.01 Å². The number of thiazole rings is 1. The summed E-state index contributed by atoms with van der Waals surface area (Å²) in [5.74, 6) is 0. The smallest absolute Gasteiger partial charge is 0.196 e. The molecule has 0 saturated carbocycles. The largest absolute Gasteiger partial charge is 0.277 e. The lowest BCUT2D eigenvalue weighted by Gasteiger charge is -2.01. The molecule has 0 atom stereocenters. The number of fused-ring (bicyclic) bond motifs is 1. The number of hydrogen-bond donors (Lipinski definition) is 1. The zero-order chi connectivity index (χ0) is 18.6. The van der Waals surface area contributed by atoms with Crippen LogP contribution in [0.5, 0.6) is 0 Å². The minimum Gasteiger partial charge on any atom is -0.277 e. The predicted octanol–water partition coefficient (Wildman–Crippen LogP) is 6.07. The maximum atomic E-state index is 9.46. The number of benzene rings is 3. The second-order valence-electron chi connectivity index (χ2n) is 5.79. The Morgan fingerprint density at radius 2 is 1.81 bits per heavy atom. The summed E-state index contributed by atoms with van der Waals surface area (Å²) < 4.78 is 0.984. The van der Waals surface area contributed by atoms with Crippen molar-refractivity contribution in [3.05, 3.63) is 81.6 Å². The van der Waals surface area contributed by atoms with E-state index in [1.54, 1.807) is 0 Å². The molecule has 0 spiro atoms. The predicted molar refractivity (Wildman–Crippen MR) is 115 cm³/mol. The molecule has 0 saturated heterocycles. The van der Waals surface area contributed by atoms with Crippen molar-refractivity contribution in [1.29, 1.82) is 5.26 Å². The first-order valence-electron chi connectivity index (χ1n) is 8.17. The van der Waals surface area contributed by atoms with Gasteiger partial charge in [0.25, 0.3) is 0 Å². The molecule has 27 heavy (non-hydrogen) atoms. The Hall–Kier alpha value is -3.01. The normalized spacial score (nSPS) is 11.3. The van der Waals surface area contributed by atoms with Crippen LogP contribution in [0.15, 0.2) is 81.7 Å². The molecule has 0 fully saturated rings. The number of nitrogens with zero attached hydrogens (tertiary/aromatic N) is 3. The first-order chi connectivity index (χ1) is 13.2. The van der Waals surface area contributed by atoms with E-state index in [2.05, 4.69) is 61.8 Å². The van der Waals surface area contributed by atoms with E-state index in [-0.39, 0.29) is 5.71 Å². The summed E-state index contributed by atoms with van der Waals surface area (Å²) >= 11 is 4.80. The third kappa shape index (κ3) is 3.90. The van der Waals surface area contributed by atoms with Gasteiger partial charge in [0.2, 0.25) is 0 Å². The van der Waals surface area contributed by atoms with Crippen LogP contribution >= 0.6 is 27.3 Å². The Kier molecular flexibility index (Phi) is 4.97. The van der Waals surface area contributed by atoms with Gasteiger partial charge in [-0.2, -0.15) is 10.4 Å². The zero-order valence-corrected chi connectivity index (χ0v) is 16.5. The van der Waals surface area contributed by atoms with Crippen molar-refractivity contribution in [2.75, 3.05) is 5.43 Å². The van der Waals surface area contributed by atoms with E-state index in [9.17, 15) is 5.26 Å². The molecule has 4 rings (SSSR count). The van der Waals surface area contributed by atoms with Crippen molar-refractivity contribution < 1.29 is 0 Å². The number of aromatic nitrogens is 1. The van der Waals surface area contributed by atoms with Gasteiger partial charge in [-0.05, 0) is 41.1 Å². The van der Waals surface area contributed by atoms with Crippen LogP contribution in [-0.4, -0.2) is 10.7 Å². The molecule has 1 aromatic heterocycles. The monoisotopic (exact) mass is 432 g/mol. The molecule has 4 aromatic rings. The highest BCUT2D eigenvalue weighted by atomic mass is 79.9. The Morgan fingerprint density at radius 3 is 2.59 bits per heavy atom. The number of rotatable bonds is 4. The molecule has 3 aromatic carbocycles. The van der Waals surface area contributed by atoms with E-state index in [1.165, 1.54) is 16.7 Å². The quantitative estimate of drug-likeness (QED) is 0.314. The third-order valence-electron chi connectivity index (χ3n) is 4.00. The molecule has 1 N–H and O–H groups in total. The average Bonchev–Trinajstić information content (AvgIpc) is 3.19. The molecule has 0 aliphatic rings. The Balaban J connectivity index is 1.60. The third-order valence-corrected chi connectivity index (χ3v) is 5.38. The van der Waals surface area contributed by atoms with Gasteiger partial charge in [0.1, 0.15) is 6.07 Å². The average molecular weight is 433 g/mol. The SMILES string of the molecule is N#C/C(=N\Nc1ccc(Br)cc1)c1nc(-c2ccc3ccccc3c2)cs1. The van der Waals surface area contributed by atoms with Crippen molar-refractivity contribution in [3.63, 3.8) is 0 Å². The van der Waals surface area contributed by atoms with Crippen molar-refractivity contribution in [3.8, 4) is 17.3 Å². The summed E-state index contributed by atoms with van der Waals surface area (Å²) in [5, 5.41) is 18.6. The topological polar surface area (TPSA) is 61.1 Å². The van der Waals surface area contributed by atoms with E-state index in [0.717, 1.165) is 26.8 Å². The first kappa shape index (κ1) is 17.4. The second-order valence-corrected chi connectivity index (χ2v) is 7.56. The molecule has 0 unspecified atom stereocenters. The number of hydrogen-bond acceptors (Lipinski definition) is 5.